The summed E-state index contributed by atoms with van der Waals surface area (Å²) in [5.74, 6) is -0.467. The summed E-state index contributed by atoms with van der Waals surface area (Å²) in [6.07, 6.45) is 0. The zero-order chi connectivity index (χ0) is 12.4. The number of aromatic nitrogens is 1. The van der Waals surface area contributed by atoms with Crippen LogP contribution in [-0.4, -0.2) is 55.7 Å². The van der Waals surface area contributed by atoms with E-state index < -0.39 is 16.8 Å². The molecule has 0 atom stereocenters. The van der Waals surface area contributed by atoms with E-state index in [2.05, 4.69) is 4.98 Å². The predicted molar refractivity (Wildman–Crippen MR) is 62.9 cm³/mol. The Morgan fingerprint density at radius 2 is 2.06 bits per heavy atom. The van der Waals surface area contributed by atoms with Gasteiger partial charge in [-0.3, -0.25) is 9.00 Å². The molecule has 1 N–H and O–H groups in total. The topological polar surface area (TPSA) is 87.6 Å². The minimum Gasteiger partial charge on any atom is -0.476 e. The molecule has 2 heterocycles. The van der Waals surface area contributed by atoms with Crippen LogP contribution in [0, 0.1) is 0 Å². The van der Waals surface area contributed by atoms with Crippen molar-refractivity contribution in [3.63, 3.8) is 0 Å². The first-order valence-electron chi connectivity index (χ1n) is 4.91. The van der Waals surface area contributed by atoms with Gasteiger partial charge in [0.05, 0.1) is 0 Å². The number of thiazole rings is 1. The zero-order valence-electron chi connectivity index (χ0n) is 8.79. The minimum absolute atomic E-state index is 0.112. The molecule has 1 amide bonds. The van der Waals surface area contributed by atoms with E-state index in [1.807, 2.05) is 0 Å². The molecule has 1 saturated heterocycles. The van der Waals surface area contributed by atoms with Crippen LogP contribution in [0.15, 0.2) is 5.38 Å². The molecule has 2 rings (SSSR count). The molecule has 0 aliphatic carbocycles. The maximum absolute atomic E-state index is 11.9. The lowest BCUT2D eigenvalue weighted by molar-refractivity contribution is 0.0691. The third kappa shape index (κ3) is 2.70. The van der Waals surface area contributed by atoms with E-state index in [-0.39, 0.29) is 16.6 Å². The highest BCUT2D eigenvalue weighted by Gasteiger charge is 2.24. The van der Waals surface area contributed by atoms with E-state index in [1.165, 1.54) is 5.38 Å². The molecule has 8 heteroatoms. The van der Waals surface area contributed by atoms with Crippen molar-refractivity contribution >= 4 is 34.0 Å². The third-order valence-electron chi connectivity index (χ3n) is 2.37. The summed E-state index contributed by atoms with van der Waals surface area (Å²) in [5, 5.41) is 10.2. The Morgan fingerprint density at radius 1 is 1.41 bits per heavy atom. The van der Waals surface area contributed by atoms with Crippen molar-refractivity contribution in [2.75, 3.05) is 24.6 Å². The molecular formula is C9H10N2O4S2. The Balaban J connectivity index is 2.08. The van der Waals surface area contributed by atoms with Gasteiger partial charge in [-0.2, -0.15) is 0 Å². The maximum atomic E-state index is 11.9. The van der Waals surface area contributed by atoms with E-state index in [4.69, 9.17) is 5.11 Å². The molecule has 0 aromatic carbocycles. The van der Waals surface area contributed by atoms with Gasteiger partial charge < -0.3 is 10.0 Å². The molecule has 1 aromatic heterocycles. The highest BCUT2D eigenvalue weighted by molar-refractivity contribution is 7.85. The number of hydrogen-bond acceptors (Lipinski definition) is 5. The number of aromatic carboxylic acids is 1. The highest BCUT2D eigenvalue weighted by Crippen LogP contribution is 2.14. The number of amides is 1. The first-order valence-corrected chi connectivity index (χ1v) is 7.28. The van der Waals surface area contributed by atoms with Crippen molar-refractivity contribution in [2.45, 2.75) is 0 Å². The molecular weight excluding hydrogens is 264 g/mol. The predicted octanol–water partition coefficient (Wildman–Crippen LogP) is 0.0458. The molecule has 1 aliphatic rings. The second-order valence-corrected chi connectivity index (χ2v) is 6.04. The summed E-state index contributed by atoms with van der Waals surface area (Å²) in [4.78, 5) is 27.9. The first kappa shape index (κ1) is 12.2. The van der Waals surface area contributed by atoms with Crippen LogP contribution in [0.4, 0.5) is 0 Å². The van der Waals surface area contributed by atoms with Crippen LogP contribution in [0.5, 0.6) is 0 Å². The molecule has 0 saturated carbocycles. The van der Waals surface area contributed by atoms with Gasteiger partial charge in [0.2, 0.25) is 0 Å². The molecule has 1 aromatic rings. The van der Waals surface area contributed by atoms with Crippen molar-refractivity contribution < 1.29 is 18.9 Å². The Morgan fingerprint density at radius 3 is 2.59 bits per heavy atom. The van der Waals surface area contributed by atoms with Crippen molar-refractivity contribution in [1.29, 1.82) is 0 Å². The first-order chi connectivity index (χ1) is 8.08. The molecule has 1 aliphatic heterocycles. The molecule has 0 radical (unpaired) electrons. The largest absolute Gasteiger partial charge is 0.476 e. The molecule has 0 unspecified atom stereocenters. The zero-order valence-corrected chi connectivity index (χ0v) is 10.4. The summed E-state index contributed by atoms with van der Waals surface area (Å²) >= 11 is 1.02. The number of carbonyl (C=O) groups is 2. The van der Waals surface area contributed by atoms with Gasteiger partial charge in [-0.1, -0.05) is 0 Å². The fourth-order valence-electron chi connectivity index (χ4n) is 1.45. The van der Waals surface area contributed by atoms with Crippen LogP contribution in [0.1, 0.15) is 20.3 Å². The lowest BCUT2D eigenvalue weighted by Crippen LogP contribution is -2.41. The van der Waals surface area contributed by atoms with Gasteiger partial charge >= 0.3 is 5.97 Å². The SMILES string of the molecule is O=C(O)c1csc(C(=O)N2CCS(=O)CC2)n1. The number of carboxylic acid groups (broad SMARTS) is 1. The Bertz CT molecular complexity index is 475. The summed E-state index contributed by atoms with van der Waals surface area (Å²) in [5.41, 5.74) is -0.112. The van der Waals surface area contributed by atoms with E-state index >= 15 is 0 Å². The van der Waals surface area contributed by atoms with E-state index in [9.17, 15) is 13.8 Å². The van der Waals surface area contributed by atoms with Crippen LogP contribution < -0.4 is 0 Å². The Kier molecular flexibility index (Phi) is 3.53. The van der Waals surface area contributed by atoms with Gasteiger partial charge in [0, 0.05) is 40.8 Å². The summed E-state index contributed by atoms with van der Waals surface area (Å²) < 4.78 is 11.1. The van der Waals surface area contributed by atoms with E-state index in [1.54, 1.807) is 4.90 Å². The van der Waals surface area contributed by atoms with Gasteiger partial charge in [-0.15, -0.1) is 11.3 Å². The number of rotatable bonds is 2. The van der Waals surface area contributed by atoms with Gasteiger partial charge in [-0.05, 0) is 0 Å². The second-order valence-electron chi connectivity index (χ2n) is 3.48. The van der Waals surface area contributed by atoms with Crippen molar-refractivity contribution in [3.8, 4) is 0 Å². The van der Waals surface area contributed by atoms with Crippen molar-refractivity contribution in [2.24, 2.45) is 0 Å². The van der Waals surface area contributed by atoms with E-state index in [0.717, 1.165) is 11.3 Å². The van der Waals surface area contributed by atoms with Crippen molar-refractivity contribution in [3.05, 3.63) is 16.1 Å². The van der Waals surface area contributed by atoms with Crippen LogP contribution >= 0.6 is 11.3 Å². The number of nitrogens with zero attached hydrogens (tertiary/aromatic N) is 2. The number of carboxylic acids is 1. The monoisotopic (exact) mass is 274 g/mol. The molecule has 6 nitrogen and oxygen atoms in total. The number of hydrogen-bond donors (Lipinski definition) is 1. The quantitative estimate of drug-likeness (QED) is 0.823. The summed E-state index contributed by atoms with van der Waals surface area (Å²) in [6, 6.07) is 0. The van der Waals surface area contributed by atoms with Gasteiger partial charge in [-0.25, -0.2) is 9.78 Å². The van der Waals surface area contributed by atoms with Gasteiger partial charge in [0.25, 0.3) is 5.91 Å². The summed E-state index contributed by atoms with van der Waals surface area (Å²) in [6.45, 7) is 0.876. The van der Waals surface area contributed by atoms with Crippen molar-refractivity contribution in [1.82, 2.24) is 9.88 Å². The van der Waals surface area contributed by atoms with Gasteiger partial charge in [0.1, 0.15) is 0 Å². The molecule has 92 valence electrons. The lowest BCUT2D eigenvalue weighted by Gasteiger charge is -2.25. The highest BCUT2D eigenvalue weighted by atomic mass is 32.2. The maximum Gasteiger partial charge on any atom is 0.355 e. The van der Waals surface area contributed by atoms with E-state index in [0.29, 0.717) is 24.6 Å². The molecule has 1 fully saturated rings. The average molecular weight is 274 g/mol. The van der Waals surface area contributed by atoms with Crippen LogP contribution in [0.3, 0.4) is 0 Å². The minimum atomic E-state index is -1.14. The van der Waals surface area contributed by atoms with Crippen LogP contribution in [0.25, 0.3) is 0 Å². The van der Waals surface area contributed by atoms with Crippen LogP contribution in [-0.2, 0) is 10.8 Å². The fourth-order valence-corrected chi connectivity index (χ4v) is 3.26. The average Bonchev–Trinajstić information content (AvgIpc) is 2.78. The number of carbonyl (C=O) groups excluding carboxylic acids is 1. The normalized spacial score (nSPS) is 17.1. The fraction of sp³-hybridized carbons (Fsp3) is 0.444. The molecule has 0 spiro atoms. The summed E-state index contributed by atoms with van der Waals surface area (Å²) in [7, 11) is -0.841. The molecule has 0 bridgehead atoms. The molecule has 17 heavy (non-hydrogen) atoms. The second kappa shape index (κ2) is 4.92. The lowest BCUT2D eigenvalue weighted by atomic mass is 10.4. The standard InChI is InChI=1S/C9H10N2O4S2/c12-8(11-1-3-17(15)4-2-11)7-10-6(5-16-7)9(13)14/h5H,1-4H2,(H,13,14). The third-order valence-corrected chi connectivity index (χ3v) is 4.48. The Labute approximate surface area is 104 Å². The smallest absolute Gasteiger partial charge is 0.355 e. The van der Waals surface area contributed by atoms with Gasteiger partial charge in [0.15, 0.2) is 10.7 Å². The van der Waals surface area contributed by atoms with Crippen LogP contribution in [0.2, 0.25) is 0 Å². The Hall–Kier alpha value is -1.28.